The second-order valence-corrected chi connectivity index (χ2v) is 3.49. The monoisotopic (exact) mass is 201 g/mol. The first kappa shape index (κ1) is 10.3. The van der Waals surface area contributed by atoms with Crippen LogP contribution in [0.15, 0.2) is 11.3 Å². The number of carbonyl (C=O) groups excluding carboxylic acids is 2. The van der Waals surface area contributed by atoms with Gasteiger partial charge < -0.3 is 5.32 Å². The summed E-state index contributed by atoms with van der Waals surface area (Å²) in [6, 6.07) is -0.0218. The Kier molecular flexibility index (Phi) is 3.09. The van der Waals surface area contributed by atoms with Crippen LogP contribution in [-0.4, -0.2) is 24.0 Å². The third-order valence-corrected chi connectivity index (χ3v) is 2.63. The second kappa shape index (κ2) is 3.92. The SMILES string of the molecule is CC1=C(C=O)NC(C)C1C(=O)CCl. The van der Waals surface area contributed by atoms with Crippen molar-refractivity contribution in [1.29, 1.82) is 0 Å². The lowest BCUT2D eigenvalue weighted by Gasteiger charge is -2.14. The third-order valence-electron chi connectivity index (χ3n) is 2.37. The molecule has 0 aliphatic carbocycles. The fourth-order valence-corrected chi connectivity index (χ4v) is 1.88. The van der Waals surface area contributed by atoms with E-state index in [-0.39, 0.29) is 23.6 Å². The van der Waals surface area contributed by atoms with Gasteiger partial charge >= 0.3 is 0 Å². The summed E-state index contributed by atoms with van der Waals surface area (Å²) in [6.45, 7) is 3.66. The zero-order valence-corrected chi connectivity index (χ0v) is 8.39. The van der Waals surface area contributed by atoms with Crippen LogP contribution >= 0.6 is 11.6 Å². The van der Waals surface area contributed by atoms with Gasteiger partial charge in [0.25, 0.3) is 0 Å². The molecule has 0 aromatic rings. The largest absolute Gasteiger partial charge is 0.379 e. The molecule has 1 aliphatic rings. The van der Waals surface area contributed by atoms with Gasteiger partial charge in [0, 0.05) is 6.04 Å². The number of Topliss-reactive ketones (excluding diaryl/α,β-unsaturated/α-hetero) is 1. The number of halogens is 1. The van der Waals surface area contributed by atoms with E-state index in [2.05, 4.69) is 5.32 Å². The molecule has 2 atom stereocenters. The van der Waals surface area contributed by atoms with Crippen LogP contribution in [0.4, 0.5) is 0 Å². The van der Waals surface area contributed by atoms with Crippen LogP contribution in [0.3, 0.4) is 0 Å². The number of allylic oxidation sites excluding steroid dienone is 1. The molecule has 3 nitrogen and oxygen atoms in total. The van der Waals surface area contributed by atoms with Crippen molar-refractivity contribution < 1.29 is 9.59 Å². The summed E-state index contributed by atoms with van der Waals surface area (Å²) in [5, 5.41) is 2.95. The number of alkyl halides is 1. The van der Waals surface area contributed by atoms with Gasteiger partial charge in [-0.05, 0) is 19.4 Å². The normalized spacial score (nSPS) is 27.3. The Morgan fingerprint density at radius 1 is 1.69 bits per heavy atom. The van der Waals surface area contributed by atoms with Gasteiger partial charge in [0.15, 0.2) is 12.1 Å². The summed E-state index contributed by atoms with van der Waals surface area (Å²) in [6.07, 6.45) is 0.743. The van der Waals surface area contributed by atoms with E-state index in [1.165, 1.54) is 0 Å². The highest BCUT2D eigenvalue weighted by Crippen LogP contribution is 2.25. The second-order valence-electron chi connectivity index (χ2n) is 3.23. The summed E-state index contributed by atoms with van der Waals surface area (Å²) < 4.78 is 0. The standard InChI is InChI=1S/C9H12ClNO2/c1-5-7(4-12)11-6(2)9(5)8(13)3-10/h4,6,9,11H,3H2,1-2H3. The van der Waals surface area contributed by atoms with Gasteiger partial charge in [0.05, 0.1) is 17.5 Å². The van der Waals surface area contributed by atoms with Crippen LogP contribution in [0.5, 0.6) is 0 Å². The molecule has 0 spiro atoms. The molecule has 0 amide bonds. The van der Waals surface area contributed by atoms with E-state index in [1.54, 1.807) is 6.92 Å². The summed E-state index contributed by atoms with van der Waals surface area (Å²) in [7, 11) is 0. The van der Waals surface area contributed by atoms with E-state index in [9.17, 15) is 9.59 Å². The molecule has 0 aromatic carbocycles. The number of nitrogens with one attached hydrogen (secondary N) is 1. The number of hydrogen-bond acceptors (Lipinski definition) is 3. The highest BCUT2D eigenvalue weighted by Gasteiger charge is 2.33. The van der Waals surface area contributed by atoms with Crippen molar-refractivity contribution in [2.75, 3.05) is 5.88 Å². The highest BCUT2D eigenvalue weighted by molar-refractivity contribution is 6.28. The Bertz CT molecular complexity index is 273. The first-order chi connectivity index (χ1) is 6.11. The first-order valence-electron chi connectivity index (χ1n) is 4.13. The smallest absolute Gasteiger partial charge is 0.165 e. The molecule has 0 fully saturated rings. The minimum atomic E-state index is -0.238. The molecule has 0 saturated carbocycles. The maximum atomic E-state index is 11.4. The molecule has 0 bridgehead atoms. The number of ketones is 1. The van der Waals surface area contributed by atoms with Crippen LogP contribution in [0.1, 0.15) is 13.8 Å². The third kappa shape index (κ3) is 1.75. The predicted octanol–water partition coefficient (Wildman–Crippen LogP) is 0.875. The molecule has 1 rings (SSSR count). The molecular formula is C9H12ClNO2. The van der Waals surface area contributed by atoms with Crippen LogP contribution in [0.2, 0.25) is 0 Å². The molecule has 1 N–H and O–H groups in total. The van der Waals surface area contributed by atoms with E-state index >= 15 is 0 Å². The van der Waals surface area contributed by atoms with E-state index < -0.39 is 0 Å². The van der Waals surface area contributed by atoms with Crippen molar-refractivity contribution in [3.05, 3.63) is 11.3 Å². The van der Waals surface area contributed by atoms with Crippen molar-refractivity contribution in [2.24, 2.45) is 5.92 Å². The summed E-state index contributed by atoms with van der Waals surface area (Å²) in [5.74, 6) is -0.270. The average Bonchev–Trinajstić information content (AvgIpc) is 2.40. The molecule has 2 unspecified atom stereocenters. The van der Waals surface area contributed by atoms with Gasteiger partial charge in [-0.25, -0.2) is 0 Å². The molecule has 13 heavy (non-hydrogen) atoms. The molecule has 1 aliphatic heterocycles. The van der Waals surface area contributed by atoms with E-state index in [0.717, 1.165) is 11.9 Å². The Balaban J connectivity index is 2.91. The minimum Gasteiger partial charge on any atom is -0.379 e. The summed E-state index contributed by atoms with van der Waals surface area (Å²) in [4.78, 5) is 21.9. The van der Waals surface area contributed by atoms with Gasteiger partial charge in [-0.15, -0.1) is 11.6 Å². The Morgan fingerprint density at radius 3 is 2.69 bits per heavy atom. The molecular weight excluding hydrogens is 190 g/mol. The maximum Gasteiger partial charge on any atom is 0.165 e. The van der Waals surface area contributed by atoms with Gasteiger partial charge in [-0.2, -0.15) is 0 Å². The van der Waals surface area contributed by atoms with E-state index in [0.29, 0.717) is 5.70 Å². The topological polar surface area (TPSA) is 46.2 Å². The van der Waals surface area contributed by atoms with E-state index in [1.807, 2.05) is 6.92 Å². The molecule has 0 saturated heterocycles. The fourth-order valence-electron chi connectivity index (χ4n) is 1.72. The Labute approximate surface area is 82.1 Å². The van der Waals surface area contributed by atoms with Crippen molar-refractivity contribution >= 4 is 23.7 Å². The first-order valence-corrected chi connectivity index (χ1v) is 4.66. The van der Waals surface area contributed by atoms with Gasteiger partial charge in [-0.1, -0.05) is 0 Å². The van der Waals surface area contributed by atoms with E-state index in [4.69, 9.17) is 11.6 Å². The van der Waals surface area contributed by atoms with Crippen LogP contribution < -0.4 is 5.32 Å². The quantitative estimate of drug-likeness (QED) is 0.545. The number of aldehydes is 1. The van der Waals surface area contributed by atoms with Crippen molar-refractivity contribution in [1.82, 2.24) is 5.32 Å². The Hall–Kier alpha value is -0.830. The number of rotatable bonds is 3. The fraction of sp³-hybridized carbons (Fsp3) is 0.556. The lowest BCUT2D eigenvalue weighted by molar-refractivity contribution is -0.119. The van der Waals surface area contributed by atoms with Crippen LogP contribution in [0, 0.1) is 5.92 Å². The van der Waals surface area contributed by atoms with Crippen LogP contribution in [-0.2, 0) is 9.59 Å². The lowest BCUT2D eigenvalue weighted by atomic mass is 9.93. The summed E-state index contributed by atoms with van der Waals surface area (Å²) in [5.41, 5.74) is 1.32. The number of hydrogen-bond donors (Lipinski definition) is 1. The molecule has 4 heteroatoms. The van der Waals surface area contributed by atoms with Crippen molar-refractivity contribution in [2.45, 2.75) is 19.9 Å². The minimum absolute atomic E-state index is 0.000163. The lowest BCUT2D eigenvalue weighted by Crippen LogP contribution is -2.31. The van der Waals surface area contributed by atoms with Gasteiger partial charge in [0.1, 0.15) is 0 Å². The number of carbonyl (C=O) groups is 2. The van der Waals surface area contributed by atoms with Gasteiger partial charge in [0.2, 0.25) is 0 Å². The molecule has 0 radical (unpaired) electrons. The Morgan fingerprint density at radius 2 is 2.31 bits per heavy atom. The zero-order valence-electron chi connectivity index (χ0n) is 7.63. The molecule has 0 aromatic heterocycles. The zero-order chi connectivity index (χ0) is 10.0. The van der Waals surface area contributed by atoms with Gasteiger partial charge in [-0.3, -0.25) is 9.59 Å². The predicted molar refractivity (Wildman–Crippen MR) is 50.6 cm³/mol. The highest BCUT2D eigenvalue weighted by atomic mass is 35.5. The van der Waals surface area contributed by atoms with Crippen molar-refractivity contribution in [3.8, 4) is 0 Å². The average molecular weight is 202 g/mol. The molecule has 72 valence electrons. The van der Waals surface area contributed by atoms with Crippen LogP contribution in [0.25, 0.3) is 0 Å². The van der Waals surface area contributed by atoms with Crippen molar-refractivity contribution in [3.63, 3.8) is 0 Å². The summed E-state index contributed by atoms with van der Waals surface area (Å²) >= 11 is 5.47. The maximum absolute atomic E-state index is 11.4. The molecule has 1 heterocycles.